The largest absolute Gasteiger partial charge is 0.479 e. The first-order valence-electron chi connectivity index (χ1n) is 21.5. The van der Waals surface area contributed by atoms with E-state index in [0.29, 0.717) is 43.2 Å². The maximum Gasteiger partial charge on any atom is 0.409 e. The lowest BCUT2D eigenvalue weighted by molar-refractivity contribution is -0.173. The molecule has 2 saturated heterocycles. The molecule has 17 nitrogen and oxygen atoms in total. The predicted molar refractivity (Wildman–Crippen MR) is 233 cm³/mol. The lowest BCUT2D eigenvalue weighted by atomic mass is 9.95. The summed E-state index contributed by atoms with van der Waals surface area (Å²) in [5.74, 6) is -2.60. The third-order valence-electron chi connectivity index (χ3n) is 11.1. The second kappa shape index (κ2) is 23.5. The molecular formula is C48H57N3O14. The van der Waals surface area contributed by atoms with Crippen molar-refractivity contribution in [1.29, 1.82) is 0 Å². The topological polar surface area (TPSA) is 243 Å². The number of esters is 2. The SMILES string of the molecule is CCOC(=O)C(O)(CO)c1ccccc1.O=C(OCC(O)(C(=O)O)c1ccccc1)N1CCCC1.O=C(OCC(O)(C(=O)OCc1cncc(C2CC2)c1)c1ccccc1)N1CCCC1. The summed E-state index contributed by atoms with van der Waals surface area (Å²) in [6.07, 6.45) is 8.35. The van der Waals surface area contributed by atoms with Crippen molar-refractivity contribution in [2.75, 3.05) is 52.6 Å². The summed E-state index contributed by atoms with van der Waals surface area (Å²) in [6, 6.07) is 26.5. The molecule has 3 aliphatic rings. The molecule has 4 aromatic rings. The Morgan fingerprint density at radius 3 is 1.48 bits per heavy atom. The second-order valence-corrected chi connectivity index (χ2v) is 15.8. The van der Waals surface area contributed by atoms with E-state index < -0.39 is 66.7 Å². The number of carbonyl (C=O) groups is 5. The standard InChI is InChI=1S/C23H26N2O5.C14H17NO5.C11H14O4/c26-21(29-15-17-12-19(14-24-13-17)18-8-9-18)23(28,20-6-2-1-3-7-20)16-30-22(27)25-10-4-5-11-25;16-12(17)14(19,11-6-2-1-3-7-11)10-20-13(18)15-8-4-5-9-15;1-2-15-10(13)11(14,8-12)9-6-4-3-5-7-9/h1-3,6-7,12-14,18,28H,4-5,8-11,15-16H2;1-3,6-7,19H,4-5,8-10H2,(H,16,17);3-7,12,14H,2,8H2,1H3. The van der Waals surface area contributed by atoms with Crippen LogP contribution in [0.25, 0.3) is 0 Å². The van der Waals surface area contributed by atoms with Crippen LogP contribution in [0.1, 0.15) is 79.2 Å². The average Bonchev–Trinajstić information content (AvgIpc) is 3.75. The number of hydrogen-bond donors (Lipinski definition) is 5. The minimum atomic E-state index is -2.23. The molecule has 3 unspecified atom stereocenters. The molecule has 7 rings (SSSR count). The van der Waals surface area contributed by atoms with E-state index in [1.54, 1.807) is 96.9 Å². The van der Waals surface area contributed by atoms with Crippen LogP contribution in [0.5, 0.6) is 0 Å². The zero-order valence-corrected chi connectivity index (χ0v) is 36.3. The van der Waals surface area contributed by atoms with Crippen molar-refractivity contribution >= 4 is 30.1 Å². The van der Waals surface area contributed by atoms with Gasteiger partial charge in [-0.2, -0.15) is 0 Å². The summed E-state index contributed by atoms with van der Waals surface area (Å²) in [6.45, 7) is 2.43. The van der Waals surface area contributed by atoms with Crippen molar-refractivity contribution in [3.63, 3.8) is 0 Å². The van der Waals surface area contributed by atoms with Gasteiger partial charge in [0.1, 0.15) is 19.8 Å². The molecular weight excluding hydrogens is 843 g/mol. The molecule has 0 bridgehead atoms. The molecule has 3 aromatic carbocycles. The Hall–Kier alpha value is -6.40. The van der Waals surface area contributed by atoms with Crippen molar-refractivity contribution in [3.8, 4) is 0 Å². The summed E-state index contributed by atoms with van der Waals surface area (Å²) < 4.78 is 20.4. The van der Waals surface area contributed by atoms with Crippen molar-refractivity contribution in [2.45, 2.75) is 74.8 Å². The molecule has 2 aliphatic heterocycles. The number of aromatic nitrogens is 1. The summed E-state index contributed by atoms with van der Waals surface area (Å²) in [5, 5.41) is 49.7. The number of carboxylic acid groups (broad SMARTS) is 1. The van der Waals surface area contributed by atoms with Gasteiger partial charge in [0.05, 0.1) is 13.2 Å². The highest BCUT2D eigenvalue weighted by Gasteiger charge is 2.43. The highest BCUT2D eigenvalue weighted by Crippen LogP contribution is 2.40. The quantitative estimate of drug-likeness (QED) is 0.0799. The molecule has 17 heteroatoms. The van der Waals surface area contributed by atoms with Crippen molar-refractivity contribution in [3.05, 3.63) is 137 Å². The third-order valence-corrected chi connectivity index (χ3v) is 11.1. The number of amides is 2. The molecule has 3 atom stereocenters. The molecule has 2 amide bonds. The van der Waals surface area contributed by atoms with Crippen LogP contribution in [0.2, 0.25) is 0 Å². The average molecular weight is 900 g/mol. The Morgan fingerprint density at radius 2 is 1.05 bits per heavy atom. The molecule has 1 aliphatic carbocycles. The van der Waals surface area contributed by atoms with Gasteiger partial charge in [-0.25, -0.2) is 24.0 Å². The first kappa shape index (κ1) is 49.6. The van der Waals surface area contributed by atoms with E-state index in [9.17, 15) is 44.4 Å². The Balaban J connectivity index is 0.000000197. The fraction of sp³-hybridized carbons (Fsp3) is 0.417. The zero-order chi connectivity index (χ0) is 46.9. The van der Waals surface area contributed by atoms with E-state index in [1.807, 2.05) is 12.3 Å². The number of likely N-dealkylation sites (tertiary alicyclic amines) is 2. The Kier molecular flexibility index (Phi) is 17.9. The number of hydrogen-bond acceptors (Lipinski definition) is 14. The Morgan fingerprint density at radius 1 is 0.615 bits per heavy atom. The summed E-state index contributed by atoms with van der Waals surface area (Å²) in [5.41, 5.74) is -3.55. The third kappa shape index (κ3) is 13.3. The van der Waals surface area contributed by atoms with Gasteiger partial charge in [0.15, 0.2) is 0 Å². The maximum absolute atomic E-state index is 12.9. The maximum atomic E-state index is 12.9. The lowest BCUT2D eigenvalue weighted by Crippen LogP contribution is -2.43. The van der Waals surface area contributed by atoms with Crippen molar-refractivity contribution in [1.82, 2.24) is 14.8 Å². The molecule has 65 heavy (non-hydrogen) atoms. The number of aliphatic hydroxyl groups excluding tert-OH is 1. The van der Waals surface area contributed by atoms with Gasteiger partial charge in [-0.1, -0.05) is 91.0 Å². The van der Waals surface area contributed by atoms with Gasteiger partial charge in [0, 0.05) is 44.1 Å². The van der Waals surface area contributed by atoms with Gasteiger partial charge in [-0.05, 0) is 79.7 Å². The van der Waals surface area contributed by atoms with Crippen LogP contribution in [0.15, 0.2) is 109 Å². The first-order chi connectivity index (χ1) is 31.2. The minimum Gasteiger partial charge on any atom is -0.479 e. The van der Waals surface area contributed by atoms with Gasteiger partial charge >= 0.3 is 30.1 Å². The molecule has 0 radical (unpaired) electrons. The van der Waals surface area contributed by atoms with Crippen LogP contribution in [0, 0.1) is 0 Å². The van der Waals surface area contributed by atoms with Crippen LogP contribution in [-0.2, 0) is 56.7 Å². The zero-order valence-electron chi connectivity index (χ0n) is 36.3. The summed E-state index contributed by atoms with van der Waals surface area (Å²) in [7, 11) is 0. The molecule has 3 fully saturated rings. The molecule has 1 aromatic heterocycles. The number of carboxylic acids is 1. The minimum absolute atomic E-state index is 0.0123. The molecule has 1 saturated carbocycles. The smallest absolute Gasteiger partial charge is 0.409 e. The second-order valence-electron chi connectivity index (χ2n) is 15.8. The van der Waals surface area contributed by atoms with E-state index in [4.69, 9.17) is 24.1 Å². The van der Waals surface area contributed by atoms with E-state index in [0.717, 1.165) is 49.7 Å². The number of aliphatic carboxylic acids is 1. The monoisotopic (exact) mass is 899 g/mol. The van der Waals surface area contributed by atoms with E-state index in [2.05, 4.69) is 4.98 Å². The fourth-order valence-corrected chi connectivity index (χ4v) is 7.00. The number of pyridine rings is 1. The van der Waals surface area contributed by atoms with Gasteiger partial charge in [0.2, 0.25) is 16.8 Å². The molecule has 0 spiro atoms. The van der Waals surface area contributed by atoms with Gasteiger partial charge in [-0.15, -0.1) is 0 Å². The highest BCUT2D eigenvalue weighted by molar-refractivity contribution is 5.82. The lowest BCUT2D eigenvalue weighted by Gasteiger charge is -2.27. The highest BCUT2D eigenvalue weighted by atomic mass is 16.6. The molecule has 3 heterocycles. The first-order valence-corrected chi connectivity index (χ1v) is 21.5. The van der Waals surface area contributed by atoms with Gasteiger partial charge in [-0.3, -0.25) is 4.98 Å². The predicted octanol–water partition coefficient (Wildman–Crippen LogP) is 4.74. The van der Waals surface area contributed by atoms with Crippen molar-refractivity contribution in [2.24, 2.45) is 0 Å². The summed E-state index contributed by atoms with van der Waals surface area (Å²) >= 11 is 0. The number of rotatable bonds is 15. The number of benzene rings is 3. The van der Waals surface area contributed by atoms with Gasteiger partial charge < -0.3 is 54.3 Å². The van der Waals surface area contributed by atoms with Crippen LogP contribution in [0.4, 0.5) is 9.59 Å². The molecule has 5 N–H and O–H groups in total. The van der Waals surface area contributed by atoms with E-state index >= 15 is 0 Å². The van der Waals surface area contributed by atoms with Crippen LogP contribution < -0.4 is 0 Å². The fourth-order valence-electron chi connectivity index (χ4n) is 7.00. The summed E-state index contributed by atoms with van der Waals surface area (Å²) in [4.78, 5) is 67.0. The van der Waals surface area contributed by atoms with Crippen LogP contribution in [-0.4, -0.2) is 123 Å². The Labute approximate surface area is 377 Å². The van der Waals surface area contributed by atoms with Crippen molar-refractivity contribution < 1.29 is 68.5 Å². The Bertz CT molecular complexity index is 2170. The van der Waals surface area contributed by atoms with Gasteiger partial charge in [0.25, 0.3) is 0 Å². The molecule has 348 valence electrons. The normalized spacial score (nSPS) is 17.0. The van der Waals surface area contributed by atoms with E-state index in [1.165, 1.54) is 17.0 Å². The number of ether oxygens (including phenoxy) is 4. The number of aliphatic hydroxyl groups is 4. The number of carbonyl (C=O) groups excluding carboxylic acids is 4. The number of nitrogens with zero attached hydrogens (tertiary/aromatic N) is 3. The van der Waals surface area contributed by atoms with Crippen LogP contribution in [0.3, 0.4) is 0 Å². The van der Waals surface area contributed by atoms with Crippen LogP contribution >= 0.6 is 0 Å². The van der Waals surface area contributed by atoms with E-state index in [-0.39, 0.29) is 18.8 Å².